The lowest BCUT2D eigenvalue weighted by molar-refractivity contribution is 0.0969. The van der Waals surface area contributed by atoms with Gasteiger partial charge < -0.3 is 15.4 Å². The maximum Gasteiger partial charge on any atom is 0.252 e. The molecule has 0 saturated carbocycles. The summed E-state index contributed by atoms with van der Waals surface area (Å²) in [5, 5.41) is 0. The summed E-state index contributed by atoms with van der Waals surface area (Å²) < 4.78 is 18.8. The number of nitrogens with two attached hydrogens (primary N) is 1. The van der Waals surface area contributed by atoms with Crippen LogP contribution in [0.25, 0.3) is 0 Å². The van der Waals surface area contributed by atoms with Crippen molar-refractivity contribution in [2.45, 2.75) is 18.9 Å². The van der Waals surface area contributed by atoms with Crippen LogP contribution < -0.4 is 10.5 Å². The first-order valence-corrected chi connectivity index (χ1v) is 6.01. The molecule has 1 aromatic carbocycles. The number of benzene rings is 1. The smallest absolute Gasteiger partial charge is 0.252 e. The van der Waals surface area contributed by atoms with Gasteiger partial charge in [-0.3, -0.25) is 4.79 Å². The predicted octanol–water partition coefficient (Wildman–Crippen LogP) is 1.40. The van der Waals surface area contributed by atoms with E-state index in [1.54, 1.807) is 0 Å². The number of carbonyl (C=O) groups excluding carboxylic acids is 1. The van der Waals surface area contributed by atoms with E-state index in [4.69, 9.17) is 10.5 Å². The van der Waals surface area contributed by atoms with Crippen LogP contribution in [0.1, 0.15) is 23.2 Å². The van der Waals surface area contributed by atoms with Crippen molar-refractivity contribution in [3.8, 4) is 5.75 Å². The third-order valence-electron chi connectivity index (χ3n) is 3.17. The molecule has 18 heavy (non-hydrogen) atoms. The van der Waals surface area contributed by atoms with Crippen molar-refractivity contribution < 1.29 is 13.9 Å². The fraction of sp³-hybridized carbons (Fsp3) is 0.462. The summed E-state index contributed by atoms with van der Waals surface area (Å²) in [5.41, 5.74) is 5.32. The highest BCUT2D eigenvalue weighted by molar-refractivity contribution is 5.95. The molecule has 0 aromatic heterocycles. The Bertz CT molecular complexity index is 443. The largest absolute Gasteiger partial charge is 0.489 e. The average Bonchev–Trinajstić information content (AvgIpc) is 2.34. The maximum atomic E-state index is 13.1. The molecule has 2 rings (SSSR count). The Hall–Kier alpha value is -1.62. The van der Waals surface area contributed by atoms with Gasteiger partial charge in [-0.15, -0.1) is 0 Å². The molecule has 1 aromatic rings. The van der Waals surface area contributed by atoms with Gasteiger partial charge >= 0.3 is 0 Å². The van der Waals surface area contributed by atoms with Crippen LogP contribution in [0.3, 0.4) is 0 Å². The highest BCUT2D eigenvalue weighted by Crippen LogP contribution is 2.23. The van der Waals surface area contributed by atoms with Crippen LogP contribution in [-0.4, -0.2) is 37.0 Å². The van der Waals surface area contributed by atoms with Gasteiger partial charge in [0.05, 0.1) is 5.56 Å². The maximum absolute atomic E-state index is 13.1. The minimum absolute atomic E-state index is 0.0600. The summed E-state index contributed by atoms with van der Waals surface area (Å²) in [6, 6.07) is 3.86. The zero-order chi connectivity index (χ0) is 13.1. The van der Waals surface area contributed by atoms with Gasteiger partial charge in [0.25, 0.3) is 5.91 Å². The number of halogens is 1. The Morgan fingerprint density at radius 3 is 2.72 bits per heavy atom. The second-order valence-electron chi connectivity index (χ2n) is 4.63. The summed E-state index contributed by atoms with van der Waals surface area (Å²) in [5.74, 6) is -0.782. The first-order valence-electron chi connectivity index (χ1n) is 6.01. The van der Waals surface area contributed by atoms with Gasteiger partial charge in [0, 0.05) is 13.1 Å². The highest BCUT2D eigenvalue weighted by Gasteiger charge is 2.20. The van der Waals surface area contributed by atoms with Crippen molar-refractivity contribution in [3.63, 3.8) is 0 Å². The second-order valence-corrected chi connectivity index (χ2v) is 4.63. The molecule has 98 valence electrons. The highest BCUT2D eigenvalue weighted by atomic mass is 19.1. The number of likely N-dealkylation sites (tertiary alicyclic amines) is 1. The number of hydrogen-bond acceptors (Lipinski definition) is 3. The number of carbonyl (C=O) groups is 1. The minimum Gasteiger partial charge on any atom is -0.489 e. The van der Waals surface area contributed by atoms with Gasteiger partial charge in [-0.2, -0.15) is 0 Å². The lowest BCUT2D eigenvalue weighted by atomic mass is 10.1. The van der Waals surface area contributed by atoms with Crippen LogP contribution >= 0.6 is 0 Å². The van der Waals surface area contributed by atoms with Crippen LogP contribution in [0.2, 0.25) is 0 Å². The van der Waals surface area contributed by atoms with E-state index in [0.29, 0.717) is 5.75 Å². The van der Waals surface area contributed by atoms with Crippen molar-refractivity contribution in [2.24, 2.45) is 5.73 Å². The fourth-order valence-electron chi connectivity index (χ4n) is 2.08. The van der Waals surface area contributed by atoms with E-state index in [-0.39, 0.29) is 11.7 Å². The minimum atomic E-state index is -0.669. The molecule has 0 spiro atoms. The quantitative estimate of drug-likeness (QED) is 0.884. The summed E-state index contributed by atoms with van der Waals surface area (Å²) in [7, 11) is 2.06. The lowest BCUT2D eigenvalue weighted by Gasteiger charge is -2.29. The van der Waals surface area contributed by atoms with Crippen molar-refractivity contribution in [1.29, 1.82) is 0 Å². The average molecular weight is 252 g/mol. The molecule has 0 radical (unpaired) electrons. The SMILES string of the molecule is CN1CCC(Oc2ccc(F)cc2C(N)=O)CC1. The second kappa shape index (κ2) is 5.35. The number of piperidine rings is 1. The lowest BCUT2D eigenvalue weighted by Crippen LogP contribution is -2.36. The van der Waals surface area contributed by atoms with Crippen molar-refractivity contribution in [2.75, 3.05) is 20.1 Å². The van der Waals surface area contributed by atoms with E-state index in [2.05, 4.69) is 11.9 Å². The third-order valence-corrected chi connectivity index (χ3v) is 3.17. The molecule has 0 aliphatic carbocycles. The predicted molar refractivity (Wildman–Crippen MR) is 66.1 cm³/mol. The van der Waals surface area contributed by atoms with Gasteiger partial charge in [0.2, 0.25) is 0 Å². The molecular weight excluding hydrogens is 235 g/mol. The Balaban J connectivity index is 2.11. The van der Waals surface area contributed by atoms with Crippen LogP contribution in [-0.2, 0) is 0 Å². The van der Waals surface area contributed by atoms with Crippen LogP contribution in [0.4, 0.5) is 4.39 Å². The first kappa shape index (κ1) is 12.8. The third kappa shape index (κ3) is 2.98. The number of hydrogen-bond donors (Lipinski definition) is 1. The number of nitrogens with zero attached hydrogens (tertiary/aromatic N) is 1. The van der Waals surface area contributed by atoms with Crippen molar-refractivity contribution in [3.05, 3.63) is 29.6 Å². The molecule has 1 heterocycles. The molecular formula is C13H17FN2O2. The van der Waals surface area contributed by atoms with E-state index < -0.39 is 11.7 Å². The Kier molecular flexibility index (Phi) is 3.81. The molecule has 2 N–H and O–H groups in total. The Labute approximate surface area is 106 Å². The summed E-state index contributed by atoms with van der Waals surface area (Å²) in [4.78, 5) is 13.5. The van der Waals surface area contributed by atoms with E-state index in [9.17, 15) is 9.18 Å². The summed E-state index contributed by atoms with van der Waals surface area (Å²) in [6.45, 7) is 1.91. The molecule has 1 fully saturated rings. The van der Waals surface area contributed by atoms with Gasteiger partial charge in [0.15, 0.2) is 0 Å². The van der Waals surface area contributed by atoms with E-state index in [0.717, 1.165) is 32.0 Å². The molecule has 1 aliphatic rings. The van der Waals surface area contributed by atoms with E-state index >= 15 is 0 Å². The fourth-order valence-corrected chi connectivity index (χ4v) is 2.08. The standard InChI is InChI=1S/C13H17FN2O2/c1-16-6-4-10(5-7-16)18-12-3-2-9(14)8-11(12)13(15)17/h2-3,8,10H,4-7H2,1H3,(H2,15,17). The van der Waals surface area contributed by atoms with E-state index in [1.807, 2.05) is 0 Å². The van der Waals surface area contributed by atoms with E-state index in [1.165, 1.54) is 12.1 Å². The normalized spacial score (nSPS) is 17.7. The van der Waals surface area contributed by atoms with Gasteiger partial charge in [0.1, 0.15) is 17.7 Å². The zero-order valence-electron chi connectivity index (χ0n) is 10.4. The number of ether oxygens (including phenoxy) is 1. The van der Waals surface area contributed by atoms with Crippen LogP contribution in [0.15, 0.2) is 18.2 Å². The molecule has 0 atom stereocenters. The molecule has 0 unspecified atom stereocenters. The van der Waals surface area contributed by atoms with Gasteiger partial charge in [-0.25, -0.2) is 4.39 Å². The molecule has 0 bridgehead atoms. The van der Waals surface area contributed by atoms with Gasteiger partial charge in [-0.05, 0) is 38.1 Å². The Morgan fingerprint density at radius 1 is 1.44 bits per heavy atom. The van der Waals surface area contributed by atoms with Gasteiger partial charge in [-0.1, -0.05) is 0 Å². The summed E-state index contributed by atoms with van der Waals surface area (Å²) >= 11 is 0. The van der Waals surface area contributed by atoms with Crippen molar-refractivity contribution >= 4 is 5.91 Å². The molecule has 1 saturated heterocycles. The molecule has 4 nitrogen and oxygen atoms in total. The topological polar surface area (TPSA) is 55.6 Å². The first-order chi connectivity index (χ1) is 8.56. The van der Waals surface area contributed by atoms with Crippen LogP contribution in [0.5, 0.6) is 5.75 Å². The van der Waals surface area contributed by atoms with Crippen LogP contribution in [0, 0.1) is 5.82 Å². The zero-order valence-corrected chi connectivity index (χ0v) is 10.4. The number of amides is 1. The number of rotatable bonds is 3. The molecule has 1 amide bonds. The monoisotopic (exact) mass is 252 g/mol. The molecule has 5 heteroatoms. The summed E-state index contributed by atoms with van der Waals surface area (Å²) in [6.07, 6.45) is 1.85. The Morgan fingerprint density at radius 2 is 2.11 bits per heavy atom. The number of primary amides is 1. The van der Waals surface area contributed by atoms with Crippen molar-refractivity contribution in [1.82, 2.24) is 4.90 Å². The molecule has 1 aliphatic heterocycles.